The summed E-state index contributed by atoms with van der Waals surface area (Å²) >= 11 is 12.1. The first-order valence-electron chi connectivity index (χ1n) is 9.96. The number of rotatable bonds is 7. The zero-order valence-electron chi connectivity index (χ0n) is 18.3. The fourth-order valence-corrected chi connectivity index (χ4v) is 3.35. The second-order valence-corrected chi connectivity index (χ2v) is 8.04. The van der Waals surface area contributed by atoms with Crippen LogP contribution in [-0.4, -0.2) is 19.7 Å². The number of aryl methyl sites for hydroxylation is 2. The zero-order valence-corrected chi connectivity index (χ0v) is 19.8. The molecule has 0 bridgehead atoms. The van der Waals surface area contributed by atoms with Crippen molar-refractivity contribution in [3.63, 3.8) is 0 Å². The minimum atomic E-state index is -0.583. The van der Waals surface area contributed by atoms with Gasteiger partial charge in [0.25, 0.3) is 0 Å². The first kappa shape index (κ1) is 24.2. The maximum absolute atomic E-state index is 12.3. The van der Waals surface area contributed by atoms with Crippen molar-refractivity contribution in [2.24, 2.45) is 0 Å². The number of benzene rings is 3. The molecule has 0 aliphatic rings. The maximum atomic E-state index is 12.3. The lowest BCUT2D eigenvalue weighted by atomic mass is 10.0. The summed E-state index contributed by atoms with van der Waals surface area (Å²) in [4.78, 5) is 12.3. The SMILES string of the molecule is COc1cc(C=C(C#N)c2ccc(Cl)cc2)ccc1OC(=O)COc1cc(C)c(Cl)c(C)c1. The second kappa shape index (κ2) is 10.9. The molecule has 0 saturated heterocycles. The van der Waals surface area contributed by atoms with Gasteiger partial charge in [-0.3, -0.25) is 0 Å². The van der Waals surface area contributed by atoms with Gasteiger partial charge in [-0.05, 0) is 78.6 Å². The first-order valence-corrected chi connectivity index (χ1v) is 10.7. The molecule has 0 unspecified atom stereocenters. The Hall–Kier alpha value is -3.46. The smallest absolute Gasteiger partial charge is 0.349 e. The molecule has 7 heteroatoms. The van der Waals surface area contributed by atoms with Crippen molar-refractivity contribution in [2.45, 2.75) is 13.8 Å². The van der Waals surface area contributed by atoms with Crippen LogP contribution in [0.2, 0.25) is 10.0 Å². The number of esters is 1. The standard InChI is InChI=1S/C26H21Cl2NO4/c1-16-10-22(11-17(2)26(16)28)32-15-25(30)33-23-9-4-18(13-24(23)31-3)12-20(14-29)19-5-7-21(27)8-6-19/h4-13H,15H2,1-3H3. The van der Waals surface area contributed by atoms with Gasteiger partial charge in [0.15, 0.2) is 18.1 Å². The van der Waals surface area contributed by atoms with E-state index in [1.807, 2.05) is 13.8 Å². The molecular formula is C26H21Cl2NO4. The molecule has 5 nitrogen and oxygen atoms in total. The van der Waals surface area contributed by atoms with Gasteiger partial charge in [-0.2, -0.15) is 5.26 Å². The van der Waals surface area contributed by atoms with Crippen LogP contribution in [-0.2, 0) is 4.79 Å². The van der Waals surface area contributed by atoms with Crippen molar-refractivity contribution in [3.05, 3.63) is 86.9 Å². The Balaban J connectivity index is 1.72. The number of ether oxygens (including phenoxy) is 3. The number of methoxy groups -OCH3 is 1. The molecule has 0 heterocycles. The van der Waals surface area contributed by atoms with Gasteiger partial charge in [0.2, 0.25) is 0 Å². The molecule has 0 aliphatic carbocycles. The quantitative estimate of drug-likeness (QED) is 0.163. The lowest BCUT2D eigenvalue weighted by Crippen LogP contribution is -2.18. The summed E-state index contributed by atoms with van der Waals surface area (Å²) in [6.07, 6.45) is 1.71. The maximum Gasteiger partial charge on any atom is 0.349 e. The number of halogens is 2. The van der Waals surface area contributed by atoms with Crippen molar-refractivity contribution in [3.8, 4) is 23.3 Å². The van der Waals surface area contributed by atoms with E-state index in [1.54, 1.807) is 60.7 Å². The Morgan fingerprint density at radius 3 is 2.27 bits per heavy atom. The average molecular weight is 482 g/mol. The molecule has 3 aromatic rings. The van der Waals surface area contributed by atoms with Gasteiger partial charge >= 0.3 is 5.97 Å². The summed E-state index contributed by atoms with van der Waals surface area (Å²) in [5.74, 6) is 0.547. The Labute approximate surface area is 202 Å². The molecule has 33 heavy (non-hydrogen) atoms. The molecule has 0 aliphatic heterocycles. The van der Waals surface area contributed by atoms with Gasteiger partial charge in [0, 0.05) is 10.0 Å². The largest absolute Gasteiger partial charge is 0.493 e. The summed E-state index contributed by atoms with van der Waals surface area (Å²) in [5.41, 5.74) is 3.63. The minimum absolute atomic E-state index is 0.247. The van der Waals surface area contributed by atoms with Gasteiger partial charge in [0.1, 0.15) is 5.75 Å². The number of allylic oxidation sites excluding steroid dienone is 1. The monoisotopic (exact) mass is 481 g/mol. The molecule has 0 aromatic heterocycles. The number of nitriles is 1. The van der Waals surface area contributed by atoms with E-state index < -0.39 is 5.97 Å². The van der Waals surface area contributed by atoms with Crippen molar-refractivity contribution in [1.82, 2.24) is 0 Å². The van der Waals surface area contributed by atoms with E-state index in [-0.39, 0.29) is 12.4 Å². The number of hydrogen-bond acceptors (Lipinski definition) is 5. The molecule has 168 valence electrons. The van der Waals surface area contributed by atoms with E-state index in [2.05, 4.69) is 6.07 Å². The van der Waals surface area contributed by atoms with Crippen LogP contribution >= 0.6 is 23.2 Å². The third-order valence-corrected chi connectivity index (χ3v) is 5.61. The van der Waals surface area contributed by atoms with Crippen LogP contribution in [0.15, 0.2) is 54.6 Å². The van der Waals surface area contributed by atoms with Crippen molar-refractivity contribution in [1.29, 1.82) is 5.26 Å². The fourth-order valence-electron chi connectivity index (χ4n) is 3.12. The highest BCUT2D eigenvalue weighted by Gasteiger charge is 2.13. The van der Waals surface area contributed by atoms with E-state index >= 15 is 0 Å². The number of carbonyl (C=O) groups is 1. The van der Waals surface area contributed by atoms with Crippen LogP contribution in [0.4, 0.5) is 0 Å². The first-order chi connectivity index (χ1) is 15.8. The number of hydrogen-bond donors (Lipinski definition) is 0. The molecular weight excluding hydrogens is 461 g/mol. The molecule has 0 spiro atoms. The predicted molar refractivity (Wildman–Crippen MR) is 130 cm³/mol. The Morgan fingerprint density at radius 1 is 1.00 bits per heavy atom. The fraction of sp³-hybridized carbons (Fsp3) is 0.154. The predicted octanol–water partition coefficient (Wildman–Crippen LogP) is 6.67. The molecule has 0 saturated carbocycles. The second-order valence-electron chi connectivity index (χ2n) is 7.22. The Morgan fingerprint density at radius 2 is 1.67 bits per heavy atom. The van der Waals surface area contributed by atoms with Gasteiger partial charge in [0.05, 0.1) is 18.8 Å². The van der Waals surface area contributed by atoms with E-state index in [4.69, 9.17) is 37.4 Å². The third kappa shape index (κ3) is 6.29. The lowest BCUT2D eigenvalue weighted by molar-refractivity contribution is -0.136. The summed E-state index contributed by atoms with van der Waals surface area (Å²) in [6, 6.07) is 17.7. The minimum Gasteiger partial charge on any atom is -0.493 e. The highest BCUT2D eigenvalue weighted by molar-refractivity contribution is 6.32. The normalized spacial score (nSPS) is 11.0. The van der Waals surface area contributed by atoms with Gasteiger partial charge in [-0.15, -0.1) is 0 Å². The molecule has 0 N–H and O–H groups in total. The molecule has 0 atom stereocenters. The highest BCUT2D eigenvalue weighted by atomic mass is 35.5. The zero-order chi connectivity index (χ0) is 24.0. The average Bonchev–Trinajstić information content (AvgIpc) is 2.81. The van der Waals surface area contributed by atoms with Crippen LogP contribution in [0.5, 0.6) is 17.2 Å². The molecule has 0 radical (unpaired) electrons. The summed E-state index contributed by atoms with van der Waals surface area (Å²) < 4.78 is 16.3. The highest BCUT2D eigenvalue weighted by Crippen LogP contribution is 2.30. The van der Waals surface area contributed by atoms with Crippen molar-refractivity contribution >= 4 is 40.8 Å². The number of carbonyl (C=O) groups excluding carboxylic acids is 1. The van der Waals surface area contributed by atoms with E-state index in [9.17, 15) is 10.1 Å². The lowest BCUT2D eigenvalue weighted by Gasteiger charge is -2.12. The van der Waals surface area contributed by atoms with Crippen LogP contribution in [0, 0.1) is 25.2 Å². The van der Waals surface area contributed by atoms with Crippen LogP contribution in [0.1, 0.15) is 22.3 Å². The Bertz CT molecular complexity index is 1220. The van der Waals surface area contributed by atoms with E-state index in [0.29, 0.717) is 32.7 Å². The van der Waals surface area contributed by atoms with Gasteiger partial charge in [-0.25, -0.2) is 4.79 Å². The molecule has 0 amide bonds. The summed E-state index contributed by atoms with van der Waals surface area (Å²) in [6.45, 7) is 3.46. The van der Waals surface area contributed by atoms with Crippen LogP contribution in [0.3, 0.4) is 0 Å². The molecule has 3 rings (SSSR count). The molecule has 0 fully saturated rings. The summed E-state index contributed by atoms with van der Waals surface area (Å²) in [7, 11) is 1.47. The van der Waals surface area contributed by atoms with Crippen LogP contribution in [0.25, 0.3) is 11.6 Å². The van der Waals surface area contributed by atoms with E-state index in [1.165, 1.54) is 7.11 Å². The van der Waals surface area contributed by atoms with Gasteiger partial charge < -0.3 is 14.2 Å². The third-order valence-electron chi connectivity index (χ3n) is 4.76. The summed E-state index contributed by atoms with van der Waals surface area (Å²) in [5, 5.41) is 10.8. The van der Waals surface area contributed by atoms with Gasteiger partial charge in [-0.1, -0.05) is 41.4 Å². The van der Waals surface area contributed by atoms with Crippen molar-refractivity contribution in [2.75, 3.05) is 13.7 Å². The number of nitrogens with zero attached hydrogens (tertiary/aromatic N) is 1. The molecule has 3 aromatic carbocycles. The Kier molecular flexibility index (Phi) is 8.00. The van der Waals surface area contributed by atoms with Crippen molar-refractivity contribution < 1.29 is 19.0 Å². The van der Waals surface area contributed by atoms with E-state index in [0.717, 1.165) is 16.7 Å². The van der Waals surface area contributed by atoms with Crippen LogP contribution < -0.4 is 14.2 Å². The topological polar surface area (TPSA) is 68.5 Å².